The average molecular weight is 610 g/mol. The second-order valence-corrected chi connectivity index (χ2v) is 11.8. The van der Waals surface area contributed by atoms with Gasteiger partial charge in [-0.1, -0.05) is 36.4 Å². The van der Waals surface area contributed by atoms with Crippen LogP contribution in [0.5, 0.6) is 5.88 Å². The molecule has 1 amide bonds. The van der Waals surface area contributed by atoms with Crippen LogP contribution in [0.3, 0.4) is 0 Å². The highest BCUT2D eigenvalue weighted by molar-refractivity contribution is 14.1. The minimum absolute atomic E-state index is 0.0795. The summed E-state index contributed by atoms with van der Waals surface area (Å²) < 4.78 is 13.2. The van der Waals surface area contributed by atoms with Gasteiger partial charge in [0.1, 0.15) is 11.9 Å². The summed E-state index contributed by atoms with van der Waals surface area (Å²) >= 11 is 2.32. The minimum Gasteiger partial charge on any atom is -0.474 e. The zero-order chi connectivity index (χ0) is 25.2. The maximum atomic E-state index is 13.3. The summed E-state index contributed by atoms with van der Waals surface area (Å²) in [7, 11) is 0. The Labute approximate surface area is 231 Å². The number of anilines is 2. The van der Waals surface area contributed by atoms with Gasteiger partial charge in [-0.15, -0.1) is 0 Å². The monoisotopic (exact) mass is 609 g/mol. The number of hydrogen-bond donors (Lipinski definition) is 1. The van der Waals surface area contributed by atoms with Crippen LogP contribution in [0.4, 0.5) is 11.5 Å². The first-order valence-electron chi connectivity index (χ1n) is 13.2. The molecule has 2 saturated carbocycles. The van der Waals surface area contributed by atoms with Crippen molar-refractivity contribution in [2.75, 3.05) is 23.3 Å². The lowest BCUT2D eigenvalue weighted by molar-refractivity contribution is -0.0694. The van der Waals surface area contributed by atoms with E-state index in [9.17, 15) is 4.79 Å². The lowest BCUT2D eigenvalue weighted by atomic mass is 9.92. The number of nitrogens with zero attached hydrogens (tertiary/aromatic N) is 2. The molecule has 3 aliphatic rings. The van der Waals surface area contributed by atoms with E-state index in [1.807, 2.05) is 42.5 Å². The van der Waals surface area contributed by atoms with Crippen molar-refractivity contribution < 1.29 is 14.3 Å². The Balaban J connectivity index is 1.04. The van der Waals surface area contributed by atoms with Gasteiger partial charge in [-0.05, 0) is 83.5 Å². The molecule has 6 nitrogen and oxygen atoms in total. The number of carbonyl (C=O) groups excluding carboxylic acids is 1. The molecule has 3 aromatic rings. The molecule has 1 spiro atoms. The van der Waals surface area contributed by atoms with Crippen LogP contribution in [0, 0.1) is 8.99 Å². The fourth-order valence-electron chi connectivity index (χ4n) is 5.30. The molecule has 1 aromatic heterocycles. The second kappa shape index (κ2) is 10.6. The summed E-state index contributed by atoms with van der Waals surface area (Å²) in [6, 6.07) is 21.8. The number of hydrogen-bond acceptors (Lipinski definition) is 5. The number of halogens is 1. The summed E-state index contributed by atoms with van der Waals surface area (Å²) in [5.74, 6) is 0.887. The normalized spacial score (nSPS) is 21.8. The Kier molecular flexibility index (Phi) is 7.08. The third-order valence-corrected chi connectivity index (χ3v) is 8.63. The van der Waals surface area contributed by atoms with Crippen LogP contribution in [0.1, 0.15) is 54.4 Å². The number of nitrogens with one attached hydrogen (secondary N) is 1. The lowest BCUT2D eigenvalue weighted by Crippen LogP contribution is -2.39. The molecule has 1 saturated heterocycles. The van der Waals surface area contributed by atoms with Crippen molar-refractivity contribution in [3.05, 3.63) is 81.4 Å². The maximum Gasteiger partial charge on any atom is 0.258 e. The standard InChI is InChI=1S/C30H32IN3O3/c31-22-9-10-25(26(17-22)34-15-13-30(11-12-30)14-16-34)29(35)33-27-7-4-8-28(32-27)37-24-18-23(19-24)36-20-21-5-2-1-3-6-21/h1-10,17,23-24H,11-16,18-20H2,(H,32,33,35). The Bertz CT molecular complexity index is 1250. The van der Waals surface area contributed by atoms with Gasteiger partial charge in [0.15, 0.2) is 0 Å². The molecule has 37 heavy (non-hydrogen) atoms. The second-order valence-electron chi connectivity index (χ2n) is 10.6. The fraction of sp³-hybridized carbons (Fsp3) is 0.400. The molecule has 0 unspecified atom stereocenters. The SMILES string of the molecule is O=C(Nc1cccc(OC2CC(OCc3ccccc3)C2)n1)c1ccc(I)cc1N1CCC2(CC1)CC2. The molecule has 7 heteroatoms. The Morgan fingerprint density at radius 1 is 0.973 bits per heavy atom. The van der Waals surface area contributed by atoms with Crippen molar-refractivity contribution in [2.24, 2.45) is 5.41 Å². The van der Waals surface area contributed by atoms with Gasteiger partial charge in [-0.25, -0.2) is 0 Å². The van der Waals surface area contributed by atoms with Crippen molar-refractivity contribution in [1.82, 2.24) is 4.98 Å². The number of carbonyl (C=O) groups is 1. The smallest absolute Gasteiger partial charge is 0.258 e. The number of aromatic nitrogens is 1. The lowest BCUT2D eigenvalue weighted by Gasteiger charge is -2.35. The topological polar surface area (TPSA) is 63.7 Å². The van der Waals surface area contributed by atoms with Gasteiger partial charge in [-0.2, -0.15) is 4.98 Å². The van der Waals surface area contributed by atoms with Crippen molar-refractivity contribution >= 4 is 40.0 Å². The van der Waals surface area contributed by atoms with Crippen molar-refractivity contribution in [3.8, 4) is 5.88 Å². The molecule has 2 aliphatic carbocycles. The summed E-state index contributed by atoms with van der Waals surface area (Å²) in [6.45, 7) is 2.65. The average Bonchev–Trinajstić information content (AvgIpc) is 3.65. The number of piperidine rings is 1. The van der Waals surface area contributed by atoms with Crippen LogP contribution >= 0.6 is 22.6 Å². The first-order chi connectivity index (χ1) is 18.1. The molecule has 6 rings (SSSR count). The molecule has 0 atom stereocenters. The predicted molar refractivity (Wildman–Crippen MR) is 153 cm³/mol. The van der Waals surface area contributed by atoms with Gasteiger partial charge in [0.25, 0.3) is 5.91 Å². The van der Waals surface area contributed by atoms with Gasteiger partial charge in [0.05, 0.1) is 24.0 Å². The van der Waals surface area contributed by atoms with E-state index in [1.54, 1.807) is 6.07 Å². The number of benzene rings is 2. The van der Waals surface area contributed by atoms with Crippen molar-refractivity contribution in [3.63, 3.8) is 0 Å². The molecular formula is C30H32IN3O3. The molecule has 192 valence electrons. The van der Waals surface area contributed by atoms with E-state index in [1.165, 1.54) is 31.2 Å². The van der Waals surface area contributed by atoms with E-state index in [4.69, 9.17) is 9.47 Å². The molecule has 2 heterocycles. The van der Waals surface area contributed by atoms with Crippen molar-refractivity contribution in [1.29, 1.82) is 0 Å². The first kappa shape index (κ1) is 24.7. The van der Waals surface area contributed by atoms with Crippen LogP contribution in [-0.4, -0.2) is 36.2 Å². The minimum atomic E-state index is -0.138. The molecule has 0 radical (unpaired) electrons. The van der Waals surface area contributed by atoms with E-state index in [0.717, 1.165) is 35.2 Å². The number of pyridine rings is 1. The largest absolute Gasteiger partial charge is 0.474 e. The third kappa shape index (κ3) is 5.93. The highest BCUT2D eigenvalue weighted by Crippen LogP contribution is 2.54. The van der Waals surface area contributed by atoms with Crippen LogP contribution in [0.15, 0.2) is 66.7 Å². The first-order valence-corrected chi connectivity index (χ1v) is 14.3. The Morgan fingerprint density at radius 3 is 2.51 bits per heavy atom. The fourth-order valence-corrected chi connectivity index (χ4v) is 5.77. The van der Waals surface area contributed by atoms with Crippen LogP contribution in [0.25, 0.3) is 0 Å². The number of rotatable bonds is 8. The molecule has 3 fully saturated rings. The highest BCUT2D eigenvalue weighted by Gasteiger charge is 2.44. The van der Waals surface area contributed by atoms with E-state index in [-0.39, 0.29) is 18.1 Å². The quantitative estimate of drug-likeness (QED) is 0.298. The molecule has 1 aliphatic heterocycles. The highest BCUT2D eigenvalue weighted by atomic mass is 127. The Hall–Kier alpha value is -2.65. The van der Waals surface area contributed by atoms with Crippen molar-refractivity contribution in [2.45, 2.75) is 57.3 Å². The van der Waals surface area contributed by atoms with Gasteiger partial charge < -0.3 is 19.7 Å². The van der Waals surface area contributed by atoms with Crippen LogP contribution in [0.2, 0.25) is 0 Å². The van der Waals surface area contributed by atoms with E-state index >= 15 is 0 Å². The van der Waals surface area contributed by atoms with E-state index in [2.05, 4.69) is 56.0 Å². The van der Waals surface area contributed by atoms with Crippen LogP contribution < -0.4 is 15.0 Å². The summed E-state index contributed by atoms with van der Waals surface area (Å²) in [6.07, 6.45) is 7.15. The Morgan fingerprint density at radius 2 is 1.76 bits per heavy atom. The van der Waals surface area contributed by atoms with Gasteiger partial charge in [-0.3, -0.25) is 4.79 Å². The summed E-state index contributed by atoms with van der Waals surface area (Å²) in [4.78, 5) is 20.3. The van der Waals surface area contributed by atoms with E-state index < -0.39 is 0 Å². The molecule has 1 N–H and O–H groups in total. The number of amides is 1. The summed E-state index contributed by atoms with van der Waals surface area (Å²) in [5.41, 5.74) is 3.49. The molecular weight excluding hydrogens is 577 g/mol. The number of ether oxygens (including phenoxy) is 2. The predicted octanol–water partition coefficient (Wildman–Crippen LogP) is 6.45. The zero-order valence-corrected chi connectivity index (χ0v) is 23.0. The maximum absolute atomic E-state index is 13.3. The molecule has 0 bridgehead atoms. The third-order valence-electron chi connectivity index (χ3n) is 7.96. The van der Waals surface area contributed by atoms with Gasteiger partial charge >= 0.3 is 0 Å². The zero-order valence-electron chi connectivity index (χ0n) is 20.9. The molecule has 2 aromatic carbocycles. The van der Waals surface area contributed by atoms with Gasteiger partial charge in [0.2, 0.25) is 5.88 Å². The van der Waals surface area contributed by atoms with Gasteiger partial charge in [0, 0.05) is 35.6 Å². The summed E-state index contributed by atoms with van der Waals surface area (Å²) in [5, 5.41) is 3.00. The van der Waals surface area contributed by atoms with Crippen LogP contribution in [-0.2, 0) is 11.3 Å². The van der Waals surface area contributed by atoms with E-state index in [0.29, 0.717) is 29.3 Å².